The SMILES string of the molecule is CCCCN(Cc1cccn1C)C(=O)CN(CCCOCC)C(=O)Cc1ccc(F)cc1. The number of unbranched alkanes of at least 4 members (excludes halogenated alkanes) is 1. The number of aromatic nitrogens is 1. The highest BCUT2D eigenvalue weighted by molar-refractivity contribution is 5.86. The quantitative estimate of drug-likeness (QED) is 0.416. The van der Waals surface area contributed by atoms with Crippen LogP contribution in [-0.4, -0.2) is 59.0 Å². The van der Waals surface area contributed by atoms with Gasteiger partial charge in [-0.1, -0.05) is 25.5 Å². The number of nitrogens with zero attached hydrogens (tertiary/aromatic N) is 3. The lowest BCUT2D eigenvalue weighted by molar-refractivity contribution is -0.140. The number of benzene rings is 1. The lowest BCUT2D eigenvalue weighted by atomic mass is 10.1. The van der Waals surface area contributed by atoms with E-state index in [1.165, 1.54) is 12.1 Å². The van der Waals surface area contributed by atoms with E-state index in [0.29, 0.717) is 39.3 Å². The van der Waals surface area contributed by atoms with E-state index in [-0.39, 0.29) is 30.6 Å². The molecule has 0 fully saturated rings. The van der Waals surface area contributed by atoms with E-state index < -0.39 is 0 Å². The lowest BCUT2D eigenvalue weighted by Crippen LogP contribution is -2.44. The Balaban J connectivity index is 2.08. The molecule has 2 aromatic rings. The first-order valence-electron chi connectivity index (χ1n) is 11.4. The molecule has 0 atom stereocenters. The van der Waals surface area contributed by atoms with E-state index >= 15 is 0 Å². The Kier molecular flexibility index (Phi) is 10.9. The molecule has 0 saturated heterocycles. The normalized spacial score (nSPS) is 10.9. The van der Waals surface area contributed by atoms with Gasteiger partial charge in [0, 0.05) is 45.2 Å². The highest BCUT2D eigenvalue weighted by atomic mass is 19.1. The number of amides is 2. The Labute approximate surface area is 191 Å². The maximum absolute atomic E-state index is 13.2. The van der Waals surface area contributed by atoms with Crippen LogP contribution >= 0.6 is 0 Å². The maximum atomic E-state index is 13.2. The molecule has 32 heavy (non-hydrogen) atoms. The molecule has 0 spiro atoms. The number of rotatable bonds is 14. The van der Waals surface area contributed by atoms with E-state index in [4.69, 9.17) is 4.74 Å². The average molecular weight is 446 g/mol. The number of halogens is 1. The van der Waals surface area contributed by atoms with Crippen molar-refractivity contribution in [3.05, 3.63) is 59.7 Å². The van der Waals surface area contributed by atoms with E-state index in [0.717, 1.165) is 24.1 Å². The number of hydrogen-bond acceptors (Lipinski definition) is 3. The summed E-state index contributed by atoms with van der Waals surface area (Å²) in [4.78, 5) is 29.7. The average Bonchev–Trinajstić information content (AvgIpc) is 3.19. The largest absolute Gasteiger partial charge is 0.382 e. The van der Waals surface area contributed by atoms with Gasteiger partial charge in [-0.15, -0.1) is 0 Å². The molecule has 1 aromatic carbocycles. The van der Waals surface area contributed by atoms with Gasteiger partial charge in [0.2, 0.25) is 11.8 Å². The summed E-state index contributed by atoms with van der Waals surface area (Å²) < 4.78 is 20.6. The van der Waals surface area contributed by atoms with Crippen LogP contribution in [0.25, 0.3) is 0 Å². The Hall–Kier alpha value is -2.67. The van der Waals surface area contributed by atoms with Crippen LogP contribution in [0, 0.1) is 5.82 Å². The fourth-order valence-corrected chi connectivity index (χ4v) is 3.44. The third-order valence-electron chi connectivity index (χ3n) is 5.41. The van der Waals surface area contributed by atoms with E-state index in [1.54, 1.807) is 17.0 Å². The van der Waals surface area contributed by atoms with E-state index in [9.17, 15) is 14.0 Å². The molecule has 2 rings (SSSR count). The van der Waals surface area contributed by atoms with Crippen molar-refractivity contribution in [2.75, 3.05) is 32.8 Å². The Bertz CT molecular complexity index is 835. The second kappa shape index (κ2) is 13.7. The van der Waals surface area contributed by atoms with Crippen LogP contribution in [0.1, 0.15) is 44.4 Å². The van der Waals surface area contributed by atoms with Crippen LogP contribution in [0.3, 0.4) is 0 Å². The molecule has 0 unspecified atom stereocenters. The third-order valence-corrected chi connectivity index (χ3v) is 5.41. The van der Waals surface area contributed by atoms with Crippen molar-refractivity contribution in [1.29, 1.82) is 0 Å². The second-order valence-corrected chi connectivity index (χ2v) is 7.95. The van der Waals surface area contributed by atoms with Gasteiger partial charge in [-0.05, 0) is 49.6 Å². The van der Waals surface area contributed by atoms with Crippen LogP contribution in [0.5, 0.6) is 0 Å². The van der Waals surface area contributed by atoms with Gasteiger partial charge in [0.05, 0.1) is 19.5 Å². The standard InChI is InChI=1S/C25H36FN3O3/c1-4-6-15-28(19-23-9-7-14-27(23)3)25(31)20-29(16-8-17-32-5-2)24(30)18-21-10-12-22(26)13-11-21/h7,9-14H,4-6,8,15-20H2,1-3H3. The van der Waals surface area contributed by atoms with Crippen molar-refractivity contribution < 1.29 is 18.7 Å². The summed E-state index contributed by atoms with van der Waals surface area (Å²) in [6.07, 6.45) is 4.64. The lowest BCUT2D eigenvalue weighted by Gasteiger charge is -2.28. The predicted molar refractivity (Wildman–Crippen MR) is 124 cm³/mol. The van der Waals surface area contributed by atoms with Crippen LogP contribution in [0.15, 0.2) is 42.6 Å². The molecule has 0 N–H and O–H groups in total. The van der Waals surface area contributed by atoms with Crippen molar-refractivity contribution in [3.63, 3.8) is 0 Å². The van der Waals surface area contributed by atoms with Crippen LogP contribution in [0.4, 0.5) is 4.39 Å². The first kappa shape index (κ1) is 25.6. The molecule has 6 nitrogen and oxygen atoms in total. The minimum atomic E-state index is -0.336. The molecule has 7 heteroatoms. The molecule has 0 aliphatic rings. The number of aryl methyl sites for hydroxylation is 1. The fraction of sp³-hybridized carbons (Fsp3) is 0.520. The Morgan fingerprint density at radius 3 is 2.34 bits per heavy atom. The van der Waals surface area contributed by atoms with Gasteiger partial charge >= 0.3 is 0 Å². The molecular weight excluding hydrogens is 409 g/mol. The van der Waals surface area contributed by atoms with Crippen LogP contribution < -0.4 is 0 Å². The molecule has 1 aromatic heterocycles. The summed E-state index contributed by atoms with van der Waals surface area (Å²) in [5.41, 5.74) is 1.78. The monoisotopic (exact) mass is 445 g/mol. The predicted octanol–water partition coefficient (Wildman–Crippen LogP) is 3.79. The molecule has 0 bridgehead atoms. The van der Waals surface area contributed by atoms with Gasteiger partial charge in [0.25, 0.3) is 0 Å². The Morgan fingerprint density at radius 1 is 1.00 bits per heavy atom. The molecule has 0 aliphatic carbocycles. The van der Waals surface area contributed by atoms with Crippen LogP contribution in [-0.2, 0) is 34.3 Å². The van der Waals surface area contributed by atoms with Gasteiger partial charge in [-0.3, -0.25) is 9.59 Å². The molecule has 176 valence electrons. The molecule has 1 heterocycles. The molecule has 0 saturated carbocycles. The van der Waals surface area contributed by atoms with Gasteiger partial charge in [-0.2, -0.15) is 0 Å². The minimum absolute atomic E-state index is 0.0281. The van der Waals surface area contributed by atoms with E-state index in [2.05, 4.69) is 6.92 Å². The Morgan fingerprint density at radius 2 is 1.72 bits per heavy atom. The van der Waals surface area contributed by atoms with Crippen molar-refractivity contribution in [2.24, 2.45) is 7.05 Å². The number of carbonyl (C=O) groups is 2. The fourth-order valence-electron chi connectivity index (χ4n) is 3.44. The number of ether oxygens (including phenoxy) is 1. The zero-order valence-electron chi connectivity index (χ0n) is 19.6. The third kappa shape index (κ3) is 8.46. The van der Waals surface area contributed by atoms with Crippen molar-refractivity contribution in [2.45, 2.75) is 46.1 Å². The van der Waals surface area contributed by atoms with Gasteiger partial charge in [0.1, 0.15) is 5.82 Å². The van der Waals surface area contributed by atoms with Crippen molar-refractivity contribution >= 4 is 11.8 Å². The summed E-state index contributed by atoms with van der Waals surface area (Å²) >= 11 is 0. The number of hydrogen-bond donors (Lipinski definition) is 0. The van der Waals surface area contributed by atoms with Gasteiger partial charge in [0.15, 0.2) is 0 Å². The van der Waals surface area contributed by atoms with Gasteiger partial charge < -0.3 is 19.1 Å². The van der Waals surface area contributed by atoms with Crippen LogP contribution in [0.2, 0.25) is 0 Å². The summed E-state index contributed by atoms with van der Waals surface area (Å²) in [7, 11) is 1.96. The molecule has 2 amide bonds. The van der Waals surface area contributed by atoms with E-state index in [1.807, 2.05) is 41.8 Å². The smallest absolute Gasteiger partial charge is 0.242 e. The zero-order chi connectivity index (χ0) is 23.3. The summed E-state index contributed by atoms with van der Waals surface area (Å²) in [6, 6.07) is 9.88. The summed E-state index contributed by atoms with van der Waals surface area (Å²) in [5, 5.41) is 0. The topological polar surface area (TPSA) is 54.8 Å². The molecule has 0 aliphatic heterocycles. The first-order chi connectivity index (χ1) is 15.4. The molecular formula is C25H36FN3O3. The summed E-state index contributed by atoms with van der Waals surface area (Å²) in [5.74, 6) is -0.545. The summed E-state index contributed by atoms with van der Waals surface area (Å²) in [6.45, 7) is 6.81. The second-order valence-electron chi connectivity index (χ2n) is 7.95. The highest BCUT2D eigenvalue weighted by Gasteiger charge is 2.22. The van der Waals surface area contributed by atoms with Crippen molar-refractivity contribution in [3.8, 4) is 0 Å². The zero-order valence-corrected chi connectivity index (χ0v) is 19.6. The maximum Gasteiger partial charge on any atom is 0.242 e. The first-order valence-corrected chi connectivity index (χ1v) is 11.4. The van der Waals surface area contributed by atoms with Gasteiger partial charge in [-0.25, -0.2) is 4.39 Å². The molecule has 0 radical (unpaired) electrons. The minimum Gasteiger partial charge on any atom is -0.382 e. The van der Waals surface area contributed by atoms with Crippen molar-refractivity contribution in [1.82, 2.24) is 14.4 Å². The highest BCUT2D eigenvalue weighted by Crippen LogP contribution is 2.10. The number of carbonyl (C=O) groups excluding carboxylic acids is 2.